The first-order valence-corrected chi connectivity index (χ1v) is 6.38. The minimum atomic E-state index is 0.316. The Kier molecular flexibility index (Phi) is 2.98. The quantitative estimate of drug-likeness (QED) is 0.792. The van der Waals surface area contributed by atoms with Gasteiger partial charge in [0.25, 0.3) is 0 Å². The standard InChI is InChI=1S/C11H19N5O/c12-7-10-13-14-11(17-10)16-6-2-5-15-4-1-3-9(15)8-16/h9H,1-8,12H2. The van der Waals surface area contributed by atoms with Crippen molar-refractivity contribution in [3.63, 3.8) is 0 Å². The van der Waals surface area contributed by atoms with E-state index >= 15 is 0 Å². The van der Waals surface area contributed by atoms with Crippen molar-refractivity contribution in [1.82, 2.24) is 15.1 Å². The number of hydrogen-bond donors (Lipinski definition) is 1. The monoisotopic (exact) mass is 237 g/mol. The van der Waals surface area contributed by atoms with Gasteiger partial charge in [0.15, 0.2) is 0 Å². The highest BCUT2D eigenvalue weighted by Crippen LogP contribution is 2.24. The van der Waals surface area contributed by atoms with Gasteiger partial charge >= 0.3 is 6.01 Å². The fourth-order valence-electron chi connectivity index (χ4n) is 2.84. The maximum atomic E-state index is 5.54. The molecule has 94 valence electrons. The molecule has 0 spiro atoms. The Hall–Kier alpha value is -1.14. The Morgan fingerprint density at radius 1 is 1.24 bits per heavy atom. The molecule has 3 heterocycles. The largest absolute Gasteiger partial charge is 0.407 e. The molecule has 0 aromatic carbocycles. The summed E-state index contributed by atoms with van der Waals surface area (Å²) in [7, 11) is 0. The maximum absolute atomic E-state index is 5.54. The lowest BCUT2D eigenvalue weighted by molar-refractivity contribution is 0.272. The molecule has 2 N–H and O–H groups in total. The lowest BCUT2D eigenvalue weighted by atomic mass is 10.2. The van der Waals surface area contributed by atoms with E-state index in [-0.39, 0.29) is 0 Å². The van der Waals surface area contributed by atoms with Crippen LogP contribution >= 0.6 is 0 Å². The number of nitrogens with zero attached hydrogens (tertiary/aromatic N) is 4. The minimum Gasteiger partial charge on any atom is -0.407 e. The number of nitrogens with two attached hydrogens (primary N) is 1. The van der Waals surface area contributed by atoms with E-state index in [0.717, 1.165) is 19.5 Å². The van der Waals surface area contributed by atoms with E-state index < -0.39 is 0 Å². The highest BCUT2D eigenvalue weighted by Gasteiger charge is 2.30. The molecule has 0 saturated carbocycles. The maximum Gasteiger partial charge on any atom is 0.318 e. The molecule has 6 nitrogen and oxygen atoms in total. The van der Waals surface area contributed by atoms with E-state index in [0.29, 0.717) is 24.5 Å². The van der Waals surface area contributed by atoms with Gasteiger partial charge in [-0.25, -0.2) is 0 Å². The van der Waals surface area contributed by atoms with Gasteiger partial charge in [-0.1, -0.05) is 5.10 Å². The van der Waals surface area contributed by atoms with Gasteiger partial charge in [-0.15, -0.1) is 5.10 Å². The Labute approximate surface area is 101 Å². The van der Waals surface area contributed by atoms with Crippen LogP contribution in [0.15, 0.2) is 4.42 Å². The highest BCUT2D eigenvalue weighted by atomic mass is 16.4. The summed E-state index contributed by atoms with van der Waals surface area (Å²) in [4.78, 5) is 4.79. The summed E-state index contributed by atoms with van der Waals surface area (Å²) in [5.74, 6) is 0.521. The molecule has 1 aromatic heterocycles. The van der Waals surface area contributed by atoms with E-state index in [1.54, 1.807) is 0 Å². The van der Waals surface area contributed by atoms with E-state index in [1.165, 1.54) is 25.9 Å². The van der Waals surface area contributed by atoms with Crippen LogP contribution in [0.5, 0.6) is 0 Å². The molecule has 2 saturated heterocycles. The van der Waals surface area contributed by atoms with Gasteiger partial charge in [0.05, 0.1) is 6.54 Å². The first-order chi connectivity index (χ1) is 8.36. The Morgan fingerprint density at radius 3 is 2.94 bits per heavy atom. The molecule has 0 radical (unpaired) electrons. The zero-order valence-corrected chi connectivity index (χ0v) is 10.0. The van der Waals surface area contributed by atoms with Gasteiger partial charge in [0.2, 0.25) is 5.89 Å². The Balaban J connectivity index is 1.74. The number of fused-ring (bicyclic) bond motifs is 1. The van der Waals surface area contributed by atoms with Crippen molar-refractivity contribution in [1.29, 1.82) is 0 Å². The van der Waals surface area contributed by atoms with Crippen LogP contribution in [-0.2, 0) is 6.54 Å². The summed E-state index contributed by atoms with van der Waals surface area (Å²) in [6, 6.07) is 1.30. The zero-order chi connectivity index (χ0) is 11.7. The molecule has 0 amide bonds. The van der Waals surface area contributed by atoms with Gasteiger partial charge in [-0.2, -0.15) is 0 Å². The van der Waals surface area contributed by atoms with Crippen LogP contribution in [-0.4, -0.2) is 47.3 Å². The highest BCUT2D eigenvalue weighted by molar-refractivity contribution is 5.25. The number of hydrogen-bond acceptors (Lipinski definition) is 6. The van der Waals surface area contributed by atoms with Gasteiger partial charge in [-0.3, -0.25) is 4.90 Å². The third-order valence-electron chi connectivity index (χ3n) is 3.70. The van der Waals surface area contributed by atoms with Crippen LogP contribution in [0.2, 0.25) is 0 Å². The third-order valence-corrected chi connectivity index (χ3v) is 3.70. The topological polar surface area (TPSA) is 71.4 Å². The van der Waals surface area contributed by atoms with E-state index in [1.807, 2.05) is 0 Å². The van der Waals surface area contributed by atoms with Crippen LogP contribution < -0.4 is 10.6 Å². The van der Waals surface area contributed by atoms with Gasteiger partial charge in [0.1, 0.15) is 0 Å². The summed E-state index contributed by atoms with van der Waals surface area (Å²) >= 11 is 0. The van der Waals surface area contributed by atoms with Crippen LogP contribution in [0.3, 0.4) is 0 Å². The SMILES string of the molecule is NCc1nnc(N2CCCN3CCCC3C2)o1. The molecular formula is C11H19N5O. The van der Waals surface area contributed by atoms with Gasteiger partial charge in [-0.05, 0) is 25.8 Å². The van der Waals surface area contributed by atoms with Crippen molar-refractivity contribution < 1.29 is 4.42 Å². The first kappa shape index (κ1) is 11.0. The molecule has 6 heteroatoms. The molecule has 3 rings (SSSR count). The number of rotatable bonds is 2. The fourth-order valence-corrected chi connectivity index (χ4v) is 2.84. The van der Waals surface area contributed by atoms with E-state index in [4.69, 9.17) is 10.2 Å². The molecule has 2 aliphatic rings. The minimum absolute atomic E-state index is 0.316. The second-order valence-electron chi connectivity index (χ2n) is 4.81. The third kappa shape index (κ3) is 2.14. The lowest BCUT2D eigenvalue weighted by Gasteiger charge is -2.24. The summed E-state index contributed by atoms with van der Waals surface area (Å²) < 4.78 is 5.54. The van der Waals surface area contributed by atoms with Crippen LogP contribution in [0.4, 0.5) is 6.01 Å². The van der Waals surface area contributed by atoms with Crippen LogP contribution in [0, 0.1) is 0 Å². The first-order valence-electron chi connectivity index (χ1n) is 6.38. The molecular weight excluding hydrogens is 218 g/mol. The Morgan fingerprint density at radius 2 is 2.12 bits per heavy atom. The fraction of sp³-hybridized carbons (Fsp3) is 0.818. The summed E-state index contributed by atoms with van der Waals surface area (Å²) in [6.07, 6.45) is 3.77. The van der Waals surface area contributed by atoms with Crippen molar-refractivity contribution >= 4 is 6.01 Å². The van der Waals surface area contributed by atoms with E-state index in [2.05, 4.69) is 20.0 Å². The summed E-state index contributed by atoms with van der Waals surface area (Å²) in [5.41, 5.74) is 5.49. The molecule has 0 aliphatic carbocycles. The second-order valence-corrected chi connectivity index (χ2v) is 4.81. The average molecular weight is 237 g/mol. The Bertz CT molecular complexity index is 380. The van der Waals surface area contributed by atoms with Crippen molar-refractivity contribution in [3.8, 4) is 0 Å². The van der Waals surface area contributed by atoms with Gasteiger partial charge < -0.3 is 15.1 Å². The molecule has 0 bridgehead atoms. The van der Waals surface area contributed by atoms with Gasteiger partial charge in [0, 0.05) is 25.7 Å². The smallest absolute Gasteiger partial charge is 0.318 e. The number of anilines is 1. The molecule has 17 heavy (non-hydrogen) atoms. The molecule has 1 aromatic rings. The van der Waals surface area contributed by atoms with Crippen LogP contribution in [0.1, 0.15) is 25.2 Å². The predicted octanol–water partition coefficient (Wildman–Crippen LogP) is 0.203. The summed E-state index contributed by atoms with van der Waals surface area (Å²) in [5, 5.41) is 8.01. The molecule has 1 unspecified atom stereocenters. The van der Waals surface area contributed by atoms with Crippen molar-refractivity contribution in [2.24, 2.45) is 5.73 Å². The normalized spacial score (nSPS) is 25.9. The van der Waals surface area contributed by atoms with Crippen molar-refractivity contribution in [2.75, 3.05) is 31.1 Å². The molecule has 1 atom stereocenters. The molecule has 2 aliphatic heterocycles. The molecule has 2 fully saturated rings. The lowest BCUT2D eigenvalue weighted by Crippen LogP contribution is -2.36. The number of aromatic nitrogens is 2. The van der Waals surface area contributed by atoms with Crippen molar-refractivity contribution in [2.45, 2.75) is 31.8 Å². The van der Waals surface area contributed by atoms with Crippen molar-refractivity contribution in [3.05, 3.63) is 5.89 Å². The average Bonchev–Trinajstić information content (AvgIpc) is 2.94. The zero-order valence-electron chi connectivity index (χ0n) is 10.0. The second kappa shape index (κ2) is 4.62. The summed E-state index contributed by atoms with van der Waals surface area (Å²) in [6.45, 7) is 4.76. The predicted molar refractivity (Wildman–Crippen MR) is 63.6 cm³/mol. The van der Waals surface area contributed by atoms with E-state index in [9.17, 15) is 0 Å². The van der Waals surface area contributed by atoms with Crippen LogP contribution in [0.25, 0.3) is 0 Å².